The average Bonchev–Trinajstić information content (AvgIpc) is 2.81. The first-order valence-electron chi connectivity index (χ1n) is 6.68. The molecule has 94 valence electrons. The SMILES string of the molecule is O=C1CCCN1CCCCC#Cc1ccccc1. The van der Waals surface area contributed by atoms with Crippen LogP contribution in [0.5, 0.6) is 0 Å². The molecule has 1 aliphatic heterocycles. The fraction of sp³-hybridized carbons (Fsp3) is 0.438. The maximum atomic E-state index is 11.4. The van der Waals surface area contributed by atoms with Crippen molar-refractivity contribution in [2.24, 2.45) is 0 Å². The molecule has 1 saturated heterocycles. The van der Waals surface area contributed by atoms with Crippen molar-refractivity contribution in [1.82, 2.24) is 4.90 Å². The van der Waals surface area contributed by atoms with Crippen molar-refractivity contribution in [1.29, 1.82) is 0 Å². The quantitative estimate of drug-likeness (QED) is 0.586. The van der Waals surface area contributed by atoms with Crippen LogP contribution >= 0.6 is 0 Å². The molecule has 2 nitrogen and oxygen atoms in total. The molecule has 1 aromatic carbocycles. The van der Waals surface area contributed by atoms with Crippen LogP contribution in [0.1, 0.15) is 37.7 Å². The summed E-state index contributed by atoms with van der Waals surface area (Å²) in [5.74, 6) is 6.66. The van der Waals surface area contributed by atoms with E-state index in [2.05, 4.69) is 11.8 Å². The molecule has 0 unspecified atom stereocenters. The molecule has 0 atom stereocenters. The Bertz CT molecular complexity index is 441. The number of hydrogen-bond acceptors (Lipinski definition) is 1. The van der Waals surface area contributed by atoms with E-state index >= 15 is 0 Å². The number of benzene rings is 1. The highest BCUT2D eigenvalue weighted by Crippen LogP contribution is 2.10. The second-order valence-electron chi connectivity index (χ2n) is 4.61. The van der Waals surface area contributed by atoms with Crippen LogP contribution in [0.3, 0.4) is 0 Å². The molecular formula is C16H19NO. The highest BCUT2D eigenvalue weighted by Gasteiger charge is 2.18. The topological polar surface area (TPSA) is 20.3 Å². The molecule has 0 saturated carbocycles. The van der Waals surface area contributed by atoms with Crippen LogP contribution in [0.15, 0.2) is 30.3 Å². The summed E-state index contributed by atoms with van der Waals surface area (Å²) in [6.07, 6.45) is 4.83. The standard InChI is InChI=1S/C16H19NO/c18-16-12-8-14-17(16)13-7-2-1-4-9-15-10-5-3-6-11-15/h3,5-6,10-11H,1-2,7-8,12-14H2. The molecule has 0 bridgehead atoms. The van der Waals surface area contributed by atoms with Crippen LogP contribution in [0.4, 0.5) is 0 Å². The zero-order chi connectivity index (χ0) is 12.6. The van der Waals surface area contributed by atoms with Gasteiger partial charge in [0, 0.05) is 31.5 Å². The lowest BCUT2D eigenvalue weighted by atomic mass is 10.2. The van der Waals surface area contributed by atoms with Gasteiger partial charge in [-0.1, -0.05) is 30.0 Å². The summed E-state index contributed by atoms with van der Waals surface area (Å²) in [6.45, 7) is 1.86. The van der Waals surface area contributed by atoms with Crippen LogP contribution in [-0.2, 0) is 4.79 Å². The van der Waals surface area contributed by atoms with Crippen molar-refractivity contribution < 1.29 is 4.79 Å². The number of rotatable bonds is 4. The van der Waals surface area contributed by atoms with Crippen LogP contribution in [0.2, 0.25) is 0 Å². The average molecular weight is 241 g/mol. The van der Waals surface area contributed by atoms with Gasteiger partial charge >= 0.3 is 0 Å². The van der Waals surface area contributed by atoms with Gasteiger partial charge in [0.15, 0.2) is 0 Å². The van der Waals surface area contributed by atoms with E-state index < -0.39 is 0 Å². The zero-order valence-corrected chi connectivity index (χ0v) is 10.7. The third-order valence-corrected chi connectivity index (χ3v) is 3.16. The molecule has 0 aliphatic carbocycles. The first-order valence-corrected chi connectivity index (χ1v) is 6.68. The van der Waals surface area contributed by atoms with Gasteiger partial charge < -0.3 is 4.90 Å². The summed E-state index contributed by atoms with van der Waals surface area (Å²) in [5, 5.41) is 0. The van der Waals surface area contributed by atoms with Gasteiger partial charge in [-0.15, -0.1) is 0 Å². The van der Waals surface area contributed by atoms with Crippen LogP contribution in [0.25, 0.3) is 0 Å². The third kappa shape index (κ3) is 3.92. The fourth-order valence-electron chi connectivity index (χ4n) is 2.14. The molecular weight excluding hydrogens is 222 g/mol. The van der Waals surface area contributed by atoms with Crippen molar-refractivity contribution in [3.05, 3.63) is 35.9 Å². The minimum Gasteiger partial charge on any atom is -0.343 e. The Hall–Kier alpha value is -1.75. The summed E-state index contributed by atoms with van der Waals surface area (Å²) in [6, 6.07) is 10.1. The second kappa shape index (κ2) is 6.86. The predicted octanol–water partition coefficient (Wildman–Crippen LogP) is 2.83. The van der Waals surface area contributed by atoms with Gasteiger partial charge in [-0.2, -0.15) is 0 Å². The molecule has 1 fully saturated rings. The van der Waals surface area contributed by atoms with E-state index in [0.717, 1.165) is 50.8 Å². The zero-order valence-electron chi connectivity index (χ0n) is 10.7. The molecule has 0 aromatic heterocycles. The first kappa shape index (κ1) is 12.7. The molecule has 2 rings (SSSR count). The van der Waals surface area contributed by atoms with Gasteiger partial charge in [0.1, 0.15) is 0 Å². The number of hydrogen-bond donors (Lipinski definition) is 0. The molecule has 0 radical (unpaired) electrons. The van der Waals surface area contributed by atoms with Crippen molar-refractivity contribution in [3.63, 3.8) is 0 Å². The molecule has 1 heterocycles. The second-order valence-corrected chi connectivity index (χ2v) is 4.61. The molecule has 0 spiro atoms. The first-order chi connectivity index (χ1) is 8.86. The van der Waals surface area contributed by atoms with Crippen LogP contribution in [0, 0.1) is 11.8 Å². The summed E-state index contributed by atoms with van der Waals surface area (Å²) in [5.41, 5.74) is 1.08. The minimum atomic E-state index is 0.324. The summed E-state index contributed by atoms with van der Waals surface area (Å²) < 4.78 is 0. The molecule has 18 heavy (non-hydrogen) atoms. The fourth-order valence-corrected chi connectivity index (χ4v) is 2.14. The molecule has 0 N–H and O–H groups in total. The van der Waals surface area contributed by atoms with E-state index in [-0.39, 0.29) is 0 Å². The predicted molar refractivity (Wildman–Crippen MR) is 73.0 cm³/mol. The van der Waals surface area contributed by atoms with Crippen LogP contribution < -0.4 is 0 Å². The van der Waals surface area contributed by atoms with E-state index in [1.54, 1.807) is 0 Å². The lowest BCUT2D eigenvalue weighted by Crippen LogP contribution is -2.25. The van der Waals surface area contributed by atoms with Gasteiger partial charge in [0.2, 0.25) is 5.91 Å². The summed E-state index contributed by atoms with van der Waals surface area (Å²) >= 11 is 0. The number of amides is 1. The van der Waals surface area contributed by atoms with Crippen molar-refractivity contribution in [3.8, 4) is 11.8 Å². The highest BCUT2D eigenvalue weighted by atomic mass is 16.2. The van der Waals surface area contributed by atoms with Gasteiger partial charge in [-0.05, 0) is 31.4 Å². The maximum Gasteiger partial charge on any atom is 0.222 e. The summed E-state index contributed by atoms with van der Waals surface area (Å²) in [4.78, 5) is 13.4. The Morgan fingerprint density at radius 2 is 2.00 bits per heavy atom. The summed E-state index contributed by atoms with van der Waals surface area (Å²) in [7, 11) is 0. The van der Waals surface area contributed by atoms with E-state index in [0.29, 0.717) is 5.91 Å². The van der Waals surface area contributed by atoms with Gasteiger partial charge in [0.05, 0.1) is 0 Å². The number of carbonyl (C=O) groups excluding carboxylic acids is 1. The molecule has 1 aliphatic rings. The maximum absolute atomic E-state index is 11.4. The number of unbranched alkanes of at least 4 members (excludes halogenated alkanes) is 2. The molecule has 1 aromatic rings. The minimum absolute atomic E-state index is 0.324. The van der Waals surface area contributed by atoms with Gasteiger partial charge in [0.25, 0.3) is 0 Å². The Kier molecular flexibility index (Phi) is 4.84. The smallest absolute Gasteiger partial charge is 0.222 e. The Balaban J connectivity index is 1.62. The number of nitrogens with zero attached hydrogens (tertiary/aromatic N) is 1. The number of carbonyl (C=O) groups is 1. The van der Waals surface area contributed by atoms with E-state index in [1.807, 2.05) is 35.2 Å². The van der Waals surface area contributed by atoms with E-state index in [4.69, 9.17) is 0 Å². The Labute approximate surface area is 109 Å². The lowest BCUT2D eigenvalue weighted by Gasteiger charge is -2.14. The van der Waals surface area contributed by atoms with E-state index in [1.165, 1.54) is 0 Å². The monoisotopic (exact) mass is 241 g/mol. The largest absolute Gasteiger partial charge is 0.343 e. The Morgan fingerprint density at radius 3 is 2.72 bits per heavy atom. The molecule has 1 amide bonds. The van der Waals surface area contributed by atoms with Crippen LogP contribution in [-0.4, -0.2) is 23.9 Å². The highest BCUT2D eigenvalue weighted by molar-refractivity contribution is 5.77. The van der Waals surface area contributed by atoms with Crippen molar-refractivity contribution >= 4 is 5.91 Å². The number of likely N-dealkylation sites (tertiary alicyclic amines) is 1. The van der Waals surface area contributed by atoms with Gasteiger partial charge in [-0.25, -0.2) is 0 Å². The normalized spacial score (nSPS) is 14.4. The lowest BCUT2D eigenvalue weighted by molar-refractivity contribution is -0.127. The third-order valence-electron chi connectivity index (χ3n) is 3.16. The Morgan fingerprint density at radius 1 is 1.17 bits per heavy atom. The van der Waals surface area contributed by atoms with E-state index in [9.17, 15) is 4.79 Å². The van der Waals surface area contributed by atoms with Crippen molar-refractivity contribution in [2.45, 2.75) is 32.1 Å². The van der Waals surface area contributed by atoms with Crippen molar-refractivity contribution in [2.75, 3.05) is 13.1 Å². The van der Waals surface area contributed by atoms with Gasteiger partial charge in [-0.3, -0.25) is 4.79 Å². The molecule has 2 heteroatoms.